The number of ketones is 2. The van der Waals surface area contributed by atoms with Gasteiger partial charge in [0.05, 0.1) is 36.5 Å². The molecule has 17 nitrogen and oxygen atoms in total. The summed E-state index contributed by atoms with van der Waals surface area (Å²) >= 11 is 0. The van der Waals surface area contributed by atoms with Crippen LogP contribution in [0, 0.1) is 28.6 Å². The lowest BCUT2D eigenvalue weighted by molar-refractivity contribution is -0.492. The molecule has 7 atom stereocenters. The monoisotopic (exact) mass is 697 g/mol. The van der Waals surface area contributed by atoms with Crippen LogP contribution in [0.2, 0.25) is 0 Å². The van der Waals surface area contributed by atoms with E-state index in [1.54, 1.807) is 6.08 Å². The predicted molar refractivity (Wildman–Crippen MR) is 162 cm³/mol. The number of nitrogens with zero attached hydrogens (tertiary/aromatic N) is 2. The van der Waals surface area contributed by atoms with Gasteiger partial charge in [-0.25, -0.2) is 0 Å². The van der Waals surface area contributed by atoms with E-state index in [0.29, 0.717) is 19.3 Å². The number of fused-ring (bicyclic) bond motifs is 5. The number of hydrogen-bond donors (Lipinski definition) is 6. The molecule has 0 aromatic carbocycles. The van der Waals surface area contributed by atoms with Crippen LogP contribution in [0.15, 0.2) is 23.8 Å². The minimum Gasteiger partial charge on any atom is -0.457 e. The van der Waals surface area contributed by atoms with E-state index < -0.39 is 63.6 Å². The third-order valence-electron chi connectivity index (χ3n) is 10.9. The number of esters is 2. The van der Waals surface area contributed by atoms with Gasteiger partial charge in [0.25, 0.3) is 0 Å². The van der Waals surface area contributed by atoms with Crippen molar-refractivity contribution in [2.24, 2.45) is 28.6 Å². The molecular formula is C32H47N3O14. The van der Waals surface area contributed by atoms with Crippen LogP contribution in [0.25, 0.3) is 0 Å². The van der Waals surface area contributed by atoms with Gasteiger partial charge in [-0.2, -0.15) is 0 Å². The van der Waals surface area contributed by atoms with Crippen LogP contribution in [0.3, 0.4) is 0 Å². The topological polar surface area (TPSA) is 242 Å². The van der Waals surface area contributed by atoms with Crippen LogP contribution < -0.4 is 5.32 Å². The molecule has 4 aliphatic carbocycles. The number of carbonyl (C=O) groups is 5. The molecule has 0 spiro atoms. The molecule has 2 unspecified atom stereocenters. The Labute approximate surface area is 283 Å². The first-order valence-corrected chi connectivity index (χ1v) is 16.5. The molecule has 0 aromatic rings. The Bertz CT molecular complexity index is 1320. The van der Waals surface area contributed by atoms with Gasteiger partial charge < -0.3 is 19.9 Å². The Morgan fingerprint density at radius 3 is 2.31 bits per heavy atom. The summed E-state index contributed by atoms with van der Waals surface area (Å²) < 4.78 is 11.4. The van der Waals surface area contributed by atoms with Crippen molar-refractivity contribution in [1.29, 1.82) is 0 Å². The normalized spacial score (nSPS) is 31.9. The van der Waals surface area contributed by atoms with E-state index in [4.69, 9.17) is 30.3 Å². The van der Waals surface area contributed by atoms with E-state index in [1.165, 1.54) is 6.08 Å². The average Bonchev–Trinajstić information content (AvgIpc) is 3.32. The number of aliphatic hydroxyl groups is 1. The smallest absolute Gasteiger partial charge is 0.308 e. The minimum absolute atomic E-state index is 0.00173. The zero-order chi connectivity index (χ0) is 36.0. The lowest BCUT2D eigenvalue weighted by atomic mass is 9.46. The van der Waals surface area contributed by atoms with Crippen molar-refractivity contribution in [2.45, 2.75) is 89.8 Å². The van der Waals surface area contributed by atoms with Gasteiger partial charge in [0.2, 0.25) is 11.7 Å². The summed E-state index contributed by atoms with van der Waals surface area (Å²) in [5.41, 5.74) is -2.33. The summed E-state index contributed by atoms with van der Waals surface area (Å²) in [7, 11) is 0. The standard InChI is InChI=1S/C32H47N3O14/c1-30-12-9-21(36)17-20(30)7-8-22-23-10-13-32(31(23,2)18-24(37)29(22)30,49-28(41)6-4-16-48-35(44)45)25(38)19-46-27(40)11-14-33-26(39)5-3-15-47-34(42)43/h9,12,17,22-24,29,37,42-45H,3-8,10-11,13-16,18-19H2,1-2H3,(H,33,39)/t22?,23?,24-,29+,30-,31-,32-/m0/s1. The van der Waals surface area contributed by atoms with E-state index in [0.717, 1.165) is 5.57 Å². The molecule has 0 saturated heterocycles. The first-order chi connectivity index (χ1) is 23.1. The van der Waals surface area contributed by atoms with E-state index in [9.17, 15) is 29.1 Å². The van der Waals surface area contributed by atoms with Crippen LogP contribution in [-0.4, -0.2) is 104 Å². The highest BCUT2D eigenvalue weighted by Crippen LogP contribution is 2.68. The van der Waals surface area contributed by atoms with Gasteiger partial charge in [0.15, 0.2) is 18.0 Å². The Hall–Kier alpha value is -3.13. The van der Waals surface area contributed by atoms with Crippen molar-refractivity contribution in [3.63, 3.8) is 0 Å². The molecule has 0 heterocycles. The molecule has 4 rings (SSSR count). The molecule has 3 saturated carbocycles. The highest BCUT2D eigenvalue weighted by atomic mass is 17.1. The van der Waals surface area contributed by atoms with Crippen molar-refractivity contribution in [2.75, 3.05) is 26.4 Å². The summed E-state index contributed by atoms with van der Waals surface area (Å²) in [5, 5.41) is 47.9. The zero-order valence-electron chi connectivity index (χ0n) is 27.7. The fraction of sp³-hybridized carbons (Fsp3) is 0.719. The fourth-order valence-corrected chi connectivity index (χ4v) is 8.71. The second kappa shape index (κ2) is 16.3. The first kappa shape index (κ1) is 38.7. The van der Waals surface area contributed by atoms with Crippen molar-refractivity contribution in [3.8, 4) is 0 Å². The van der Waals surface area contributed by atoms with Crippen molar-refractivity contribution in [1.82, 2.24) is 16.1 Å². The highest BCUT2D eigenvalue weighted by molar-refractivity contribution is 6.01. The quantitative estimate of drug-likeness (QED) is 0.0720. The van der Waals surface area contributed by atoms with E-state index >= 15 is 0 Å². The molecule has 1 amide bonds. The van der Waals surface area contributed by atoms with E-state index in [1.807, 2.05) is 19.9 Å². The number of carbonyl (C=O) groups excluding carboxylic acids is 5. The summed E-state index contributed by atoms with van der Waals surface area (Å²) in [6, 6.07) is 0. The van der Waals surface area contributed by atoms with Gasteiger partial charge in [0, 0.05) is 36.1 Å². The lowest BCUT2D eigenvalue weighted by Gasteiger charge is -2.59. The Morgan fingerprint density at radius 1 is 0.959 bits per heavy atom. The summed E-state index contributed by atoms with van der Waals surface area (Å²) in [4.78, 5) is 72.9. The molecule has 49 heavy (non-hydrogen) atoms. The van der Waals surface area contributed by atoms with Crippen LogP contribution in [0.4, 0.5) is 0 Å². The Kier molecular flexibility index (Phi) is 12.8. The van der Waals surface area contributed by atoms with Crippen molar-refractivity contribution < 1.29 is 69.1 Å². The van der Waals surface area contributed by atoms with Crippen LogP contribution in [0.1, 0.15) is 78.1 Å². The van der Waals surface area contributed by atoms with Crippen LogP contribution >= 0.6 is 0 Å². The van der Waals surface area contributed by atoms with Gasteiger partial charge >= 0.3 is 11.9 Å². The second-order valence-corrected chi connectivity index (χ2v) is 13.6. The van der Waals surface area contributed by atoms with Crippen LogP contribution in [0.5, 0.6) is 0 Å². The van der Waals surface area contributed by atoms with Gasteiger partial charge in [-0.3, -0.25) is 54.5 Å². The summed E-state index contributed by atoms with van der Waals surface area (Å²) in [6.45, 7) is 2.74. The average molecular weight is 698 g/mol. The molecule has 274 valence electrons. The maximum atomic E-state index is 14.1. The fourth-order valence-electron chi connectivity index (χ4n) is 8.71. The van der Waals surface area contributed by atoms with Gasteiger partial charge in [-0.15, -0.1) is 0 Å². The molecule has 17 heteroatoms. The summed E-state index contributed by atoms with van der Waals surface area (Å²) in [6.07, 6.45) is 6.00. The SMILES string of the molecule is C[C@]12C=CC(=O)C=C1CCC1C3CC[C@](OC(=O)CCCON(O)O)(C(=O)COC(=O)CCNC(=O)CCCON(O)O)[C@@]3(C)C[C@H](O)[C@@H]12. The third kappa shape index (κ3) is 8.61. The zero-order valence-corrected chi connectivity index (χ0v) is 27.7. The van der Waals surface area contributed by atoms with Crippen molar-refractivity contribution in [3.05, 3.63) is 23.8 Å². The minimum atomic E-state index is -1.73. The van der Waals surface area contributed by atoms with Gasteiger partial charge in [-0.1, -0.05) is 25.5 Å². The van der Waals surface area contributed by atoms with Gasteiger partial charge in [-0.05, 0) is 68.9 Å². The lowest BCUT2D eigenvalue weighted by Crippen LogP contribution is -2.63. The maximum Gasteiger partial charge on any atom is 0.308 e. The number of ether oxygens (including phenoxy) is 2. The molecule has 0 radical (unpaired) electrons. The highest BCUT2D eigenvalue weighted by Gasteiger charge is 2.70. The second-order valence-electron chi connectivity index (χ2n) is 13.6. The number of rotatable bonds is 17. The number of amides is 1. The molecule has 6 N–H and O–H groups in total. The molecule has 0 bridgehead atoms. The third-order valence-corrected chi connectivity index (χ3v) is 10.9. The largest absolute Gasteiger partial charge is 0.457 e. The number of hydrogen-bond acceptors (Lipinski definition) is 16. The predicted octanol–water partition coefficient (Wildman–Crippen LogP) is 1.75. The van der Waals surface area contributed by atoms with Crippen LogP contribution in [-0.2, 0) is 43.1 Å². The maximum absolute atomic E-state index is 14.1. The molecular weight excluding hydrogens is 650 g/mol. The number of aliphatic hydroxyl groups excluding tert-OH is 1. The summed E-state index contributed by atoms with van der Waals surface area (Å²) in [5.74, 6) is -3.07. The van der Waals surface area contributed by atoms with E-state index in [-0.39, 0.29) is 88.2 Å². The molecule has 3 fully saturated rings. The van der Waals surface area contributed by atoms with Gasteiger partial charge in [0.1, 0.15) is 0 Å². The number of Topliss-reactive ketones (excluding diaryl/α,β-unsaturated/α-hetero) is 1. The molecule has 4 aliphatic rings. The number of allylic oxidation sites excluding steroid dienone is 4. The first-order valence-electron chi connectivity index (χ1n) is 16.5. The number of nitrogens with one attached hydrogen (secondary N) is 1. The van der Waals surface area contributed by atoms with E-state index in [2.05, 4.69) is 15.0 Å². The Balaban J connectivity index is 1.46. The Morgan fingerprint density at radius 2 is 1.63 bits per heavy atom. The molecule has 0 aromatic heterocycles. The molecule has 0 aliphatic heterocycles. The van der Waals surface area contributed by atoms with Crippen molar-refractivity contribution >= 4 is 29.4 Å².